The molecule has 6 rings (SSSR count). The first kappa shape index (κ1) is 34.2. The van der Waals surface area contributed by atoms with E-state index in [4.69, 9.17) is 0 Å². The normalized spacial score (nSPS) is 11.3. The molecule has 52 heavy (non-hydrogen) atoms. The fraction of sp³-hybridized carbons (Fsp3) is 0. The van der Waals surface area contributed by atoms with Crippen molar-refractivity contribution in [2.75, 3.05) is 4.90 Å². The molecule has 6 aromatic rings. The molecule has 0 spiro atoms. The van der Waals surface area contributed by atoms with Crippen molar-refractivity contribution >= 4 is 69.8 Å². The molecule has 254 valence electrons. The highest BCUT2D eigenvalue weighted by Crippen LogP contribution is 2.35. The lowest BCUT2D eigenvalue weighted by Gasteiger charge is -2.25. The Balaban J connectivity index is 1.25. The number of aliphatic imine (C=N–C) groups is 3. The number of benzene rings is 6. The van der Waals surface area contributed by atoms with Gasteiger partial charge in [-0.25, -0.2) is 0 Å². The summed E-state index contributed by atoms with van der Waals surface area (Å²) in [5.41, 5.74) is 6.86. The Morgan fingerprint density at radius 1 is 0.365 bits per heavy atom. The van der Waals surface area contributed by atoms with Gasteiger partial charge in [-0.15, -0.1) is 0 Å². The van der Waals surface area contributed by atoms with Gasteiger partial charge in [0.15, 0.2) is 0 Å². The fourth-order valence-electron chi connectivity index (χ4n) is 5.00. The third kappa shape index (κ3) is 8.67. The first-order chi connectivity index (χ1) is 25.2. The average Bonchev–Trinajstić information content (AvgIpc) is 3.17. The van der Waals surface area contributed by atoms with E-state index in [0.717, 1.165) is 33.8 Å². The highest BCUT2D eigenvalue weighted by atomic mass is 16.6. The lowest BCUT2D eigenvalue weighted by molar-refractivity contribution is -0.385. The predicted molar refractivity (Wildman–Crippen MR) is 202 cm³/mol. The second-order valence-corrected chi connectivity index (χ2v) is 11.2. The fourth-order valence-corrected chi connectivity index (χ4v) is 5.00. The van der Waals surface area contributed by atoms with Crippen molar-refractivity contribution in [1.29, 1.82) is 0 Å². The van der Waals surface area contributed by atoms with Crippen LogP contribution < -0.4 is 4.90 Å². The number of nitro benzene ring substituents is 3. The average molecular weight is 690 g/mol. The van der Waals surface area contributed by atoms with Gasteiger partial charge in [0.05, 0.1) is 31.8 Å². The minimum absolute atomic E-state index is 0.00184. The van der Waals surface area contributed by atoms with Crippen molar-refractivity contribution in [2.24, 2.45) is 15.0 Å². The second-order valence-electron chi connectivity index (χ2n) is 11.2. The lowest BCUT2D eigenvalue weighted by Crippen LogP contribution is -2.10. The number of nitrogens with zero attached hydrogens (tertiary/aromatic N) is 7. The Labute approximate surface area is 296 Å². The molecule has 0 aliphatic carbocycles. The number of non-ortho nitro benzene ring substituents is 3. The quantitative estimate of drug-likeness (QED) is 0.0699. The molecule has 6 aromatic carbocycles. The molecule has 0 saturated carbocycles. The zero-order valence-electron chi connectivity index (χ0n) is 27.2. The Bertz CT molecular complexity index is 2020. The summed E-state index contributed by atoms with van der Waals surface area (Å²) >= 11 is 0. The highest BCUT2D eigenvalue weighted by Gasteiger charge is 2.13. The molecular formula is C39H27N7O6. The van der Waals surface area contributed by atoms with E-state index < -0.39 is 14.8 Å². The molecule has 0 fully saturated rings. The molecular weight excluding hydrogens is 662 g/mol. The van der Waals surface area contributed by atoms with Gasteiger partial charge >= 0.3 is 0 Å². The minimum Gasteiger partial charge on any atom is -0.311 e. The van der Waals surface area contributed by atoms with Crippen LogP contribution in [0.25, 0.3) is 0 Å². The molecule has 0 saturated heterocycles. The van der Waals surface area contributed by atoms with Gasteiger partial charge in [0.2, 0.25) is 0 Å². The molecule has 0 unspecified atom stereocenters. The summed E-state index contributed by atoms with van der Waals surface area (Å²) in [6.45, 7) is 0. The van der Waals surface area contributed by atoms with Crippen LogP contribution in [0.5, 0.6) is 0 Å². The summed E-state index contributed by atoms with van der Waals surface area (Å²) in [6, 6.07) is 41.3. The first-order valence-corrected chi connectivity index (χ1v) is 15.7. The van der Waals surface area contributed by atoms with E-state index in [9.17, 15) is 30.3 Å². The standard InChI is InChI=1S/C39H27N7O6/c47-44(48)37-19-7-31(8-20-37)40-25-28-1-13-34(14-2-28)43(35-15-3-29(4-16-35)26-41-32-9-21-38(22-10-32)45(49)50)36-17-5-30(6-18-36)27-42-33-11-23-39(24-12-33)46(51)52/h1-27H. The Hall–Kier alpha value is -7.67. The van der Waals surface area contributed by atoms with Gasteiger partial charge in [-0.1, -0.05) is 36.4 Å². The maximum absolute atomic E-state index is 11.0. The molecule has 13 nitrogen and oxygen atoms in total. The third-order valence-corrected chi connectivity index (χ3v) is 7.72. The number of rotatable bonds is 12. The number of nitro groups is 3. The van der Waals surface area contributed by atoms with Crippen molar-refractivity contribution in [1.82, 2.24) is 0 Å². The van der Waals surface area contributed by atoms with Crippen LogP contribution in [0.15, 0.2) is 161 Å². The van der Waals surface area contributed by atoms with E-state index >= 15 is 0 Å². The largest absolute Gasteiger partial charge is 0.311 e. The summed E-state index contributed by atoms with van der Waals surface area (Å²) in [4.78, 5) is 46.9. The molecule has 0 radical (unpaired) electrons. The van der Waals surface area contributed by atoms with Gasteiger partial charge < -0.3 is 4.90 Å². The molecule has 13 heteroatoms. The molecule has 0 bridgehead atoms. The number of hydrogen-bond donors (Lipinski definition) is 0. The van der Waals surface area contributed by atoms with E-state index in [1.165, 1.54) is 36.4 Å². The zero-order chi connectivity index (χ0) is 36.5. The van der Waals surface area contributed by atoms with Crippen molar-refractivity contribution in [3.8, 4) is 0 Å². The second kappa shape index (κ2) is 15.7. The molecule has 0 atom stereocenters. The Morgan fingerprint density at radius 3 is 0.808 bits per heavy atom. The van der Waals surface area contributed by atoms with Gasteiger partial charge in [-0.2, -0.15) is 0 Å². The van der Waals surface area contributed by atoms with Gasteiger partial charge in [0.25, 0.3) is 17.1 Å². The Kier molecular flexibility index (Phi) is 10.3. The van der Waals surface area contributed by atoms with Crippen LogP contribution in [0.3, 0.4) is 0 Å². The molecule has 0 aromatic heterocycles. The van der Waals surface area contributed by atoms with Crippen molar-refractivity contribution in [3.05, 3.63) is 193 Å². The first-order valence-electron chi connectivity index (χ1n) is 15.7. The van der Waals surface area contributed by atoms with Crippen LogP contribution in [0.4, 0.5) is 51.2 Å². The SMILES string of the molecule is O=[N+]([O-])c1ccc(N=Cc2ccc(N(c3ccc(C=Nc4ccc([N+](=O)[O-])cc4)cc3)c3ccc(C=Nc4ccc([N+](=O)[O-])cc4)cc3)cc2)cc1. The molecule has 0 aliphatic rings. The molecule has 0 N–H and O–H groups in total. The third-order valence-electron chi connectivity index (χ3n) is 7.72. The van der Waals surface area contributed by atoms with E-state index in [2.05, 4.69) is 19.9 Å². The topological polar surface area (TPSA) is 170 Å². The maximum Gasteiger partial charge on any atom is 0.269 e. The number of hydrogen-bond acceptors (Lipinski definition) is 10. The minimum atomic E-state index is -0.454. The van der Waals surface area contributed by atoms with E-state index in [1.54, 1.807) is 55.0 Å². The van der Waals surface area contributed by atoms with Gasteiger partial charge in [0.1, 0.15) is 0 Å². The molecule has 0 amide bonds. The monoisotopic (exact) mass is 689 g/mol. The van der Waals surface area contributed by atoms with Crippen LogP contribution in [0.1, 0.15) is 16.7 Å². The van der Waals surface area contributed by atoms with Gasteiger partial charge in [-0.3, -0.25) is 45.3 Å². The van der Waals surface area contributed by atoms with Crippen molar-refractivity contribution in [2.45, 2.75) is 0 Å². The van der Waals surface area contributed by atoms with Crippen LogP contribution in [-0.2, 0) is 0 Å². The summed E-state index contributed by atoms with van der Waals surface area (Å²) < 4.78 is 0. The Morgan fingerprint density at radius 2 is 0.596 bits per heavy atom. The summed E-state index contributed by atoms with van der Waals surface area (Å²) in [7, 11) is 0. The van der Waals surface area contributed by atoms with Crippen LogP contribution in [-0.4, -0.2) is 33.4 Å². The van der Waals surface area contributed by atoms with Crippen LogP contribution >= 0.6 is 0 Å². The highest BCUT2D eigenvalue weighted by molar-refractivity contribution is 5.87. The van der Waals surface area contributed by atoms with Crippen LogP contribution in [0.2, 0.25) is 0 Å². The smallest absolute Gasteiger partial charge is 0.269 e. The summed E-state index contributed by atoms with van der Waals surface area (Å²) in [6.07, 6.45) is 5.06. The molecule has 0 aliphatic heterocycles. The van der Waals surface area contributed by atoms with Crippen molar-refractivity contribution in [3.63, 3.8) is 0 Å². The van der Waals surface area contributed by atoms with Gasteiger partial charge in [0, 0.05) is 72.1 Å². The van der Waals surface area contributed by atoms with Gasteiger partial charge in [-0.05, 0) is 89.5 Å². The van der Waals surface area contributed by atoms with Crippen LogP contribution in [0, 0.1) is 30.3 Å². The number of anilines is 3. The van der Waals surface area contributed by atoms with Crippen molar-refractivity contribution < 1.29 is 14.8 Å². The maximum atomic E-state index is 11.0. The predicted octanol–water partition coefficient (Wildman–Crippen LogP) is 10.1. The summed E-state index contributed by atoms with van der Waals surface area (Å²) in [5, 5.41) is 32.9. The van der Waals surface area contributed by atoms with E-state index in [1.807, 2.05) is 72.8 Å². The van der Waals surface area contributed by atoms with E-state index in [0.29, 0.717) is 17.1 Å². The molecule has 0 heterocycles. The summed E-state index contributed by atoms with van der Waals surface area (Å²) in [5.74, 6) is 0. The lowest BCUT2D eigenvalue weighted by atomic mass is 10.1. The zero-order valence-corrected chi connectivity index (χ0v) is 27.2. The van der Waals surface area contributed by atoms with E-state index in [-0.39, 0.29) is 17.1 Å².